The van der Waals surface area contributed by atoms with Crippen molar-refractivity contribution in [1.82, 2.24) is 0 Å². The van der Waals surface area contributed by atoms with Crippen LogP contribution in [-0.2, 0) is 0 Å². The van der Waals surface area contributed by atoms with E-state index in [1.165, 1.54) is 0 Å². The Morgan fingerprint density at radius 1 is 1.86 bits per heavy atom. The normalized spacial score (nSPS) is 15.3. The molecule has 0 aliphatic heterocycles. The van der Waals surface area contributed by atoms with Gasteiger partial charge in [-0.05, 0) is 18.8 Å². The molecule has 0 amide bonds. The van der Waals surface area contributed by atoms with Gasteiger partial charge >= 0.3 is 0 Å². The predicted octanol–water partition coefficient (Wildman–Crippen LogP) is 1.17. The van der Waals surface area contributed by atoms with Crippen molar-refractivity contribution in [3.63, 3.8) is 0 Å². The highest BCUT2D eigenvalue weighted by atomic mass is 32.1. The van der Waals surface area contributed by atoms with Gasteiger partial charge in [-0.3, -0.25) is 0 Å². The second-order valence-corrected chi connectivity index (χ2v) is 1.90. The van der Waals surface area contributed by atoms with Crippen LogP contribution in [0.25, 0.3) is 0 Å². The third-order valence-electron chi connectivity index (χ3n) is 0.613. The first kappa shape index (κ1) is 7.05. The zero-order valence-electron chi connectivity index (χ0n) is 4.46. The fourth-order valence-electron chi connectivity index (χ4n) is 0.276. The molecule has 2 N–H and O–H groups in total. The largest absolute Gasteiger partial charge is 0.328 e. The summed E-state index contributed by atoms with van der Waals surface area (Å²) in [6, 6.07) is 0.267. The summed E-state index contributed by atoms with van der Waals surface area (Å²) in [7, 11) is 0. The van der Waals surface area contributed by atoms with Gasteiger partial charge in [0.2, 0.25) is 0 Å². The van der Waals surface area contributed by atoms with Gasteiger partial charge in [-0.25, -0.2) is 0 Å². The van der Waals surface area contributed by atoms with E-state index in [1.54, 1.807) is 5.41 Å². The highest BCUT2D eigenvalue weighted by Gasteiger charge is 1.83. The second kappa shape index (κ2) is 4.22. The maximum Gasteiger partial charge on any atom is 0.00452 e. The minimum atomic E-state index is 0.267. The van der Waals surface area contributed by atoms with Crippen molar-refractivity contribution in [2.75, 3.05) is 0 Å². The fourth-order valence-corrected chi connectivity index (χ4v) is 0.397. The lowest BCUT2D eigenvalue weighted by atomic mass is 10.3. The van der Waals surface area contributed by atoms with Crippen LogP contribution in [0.1, 0.15) is 13.3 Å². The Bertz CT molecular complexity index is 59.1. The molecule has 0 heterocycles. The molecule has 0 radical (unpaired) electrons. The van der Waals surface area contributed by atoms with Crippen LogP contribution in [0.2, 0.25) is 0 Å². The van der Waals surface area contributed by atoms with Crippen LogP contribution in [-0.4, -0.2) is 6.04 Å². The molecule has 0 saturated heterocycles. The summed E-state index contributed by atoms with van der Waals surface area (Å²) in [6.07, 6.45) is 2.86. The lowest BCUT2D eigenvalue weighted by molar-refractivity contribution is 0.758. The average molecular weight is 117 g/mol. The van der Waals surface area contributed by atoms with Gasteiger partial charge in [-0.1, -0.05) is 6.08 Å². The summed E-state index contributed by atoms with van der Waals surface area (Å²) in [5, 5.41) is 1.71. The molecule has 0 aromatic rings. The van der Waals surface area contributed by atoms with Crippen LogP contribution in [0.5, 0.6) is 0 Å². The van der Waals surface area contributed by atoms with E-state index in [0.29, 0.717) is 0 Å². The molecule has 1 nitrogen and oxygen atoms in total. The number of hydrogen-bond donors (Lipinski definition) is 2. The van der Waals surface area contributed by atoms with Crippen LogP contribution in [0.3, 0.4) is 0 Å². The molecule has 42 valence electrons. The van der Waals surface area contributed by atoms with E-state index in [4.69, 9.17) is 5.73 Å². The van der Waals surface area contributed by atoms with Crippen molar-refractivity contribution in [1.29, 1.82) is 0 Å². The lowest BCUT2D eigenvalue weighted by Crippen LogP contribution is -2.12. The quantitative estimate of drug-likeness (QED) is 0.522. The van der Waals surface area contributed by atoms with Gasteiger partial charge in [0.25, 0.3) is 0 Å². The van der Waals surface area contributed by atoms with Crippen molar-refractivity contribution in [2.45, 2.75) is 19.4 Å². The number of hydrogen-bond acceptors (Lipinski definition) is 2. The molecular formula is C5H11NS. The molecule has 0 aliphatic carbocycles. The smallest absolute Gasteiger partial charge is 0.00452 e. The highest BCUT2D eigenvalue weighted by molar-refractivity contribution is 7.83. The monoisotopic (exact) mass is 117 g/mol. The summed E-state index contributed by atoms with van der Waals surface area (Å²) in [6.45, 7) is 1.97. The first-order valence-corrected chi connectivity index (χ1v) is 2.84. The lowest BCUT2D eigenvalue weighted by Gasteiger charge is -1.94. The molecule has 2 heteroatoms. The second-order valence-electron chi connectivity index (χ2n) is 1.60. The first-order chi connectivity index (χ1) is 3.27. The summed E-state index contributed by atoms with van der Waals surface area (Å²) in [5.41, 5.74) is 5.39. The zero-order chi connectivity index (χ0) is 5.70. The van der Waals surface area contributed by atoms with E-state index in [-0.39, 0.29) is 6.04 Å². The molecule has 7 heavy (non-hydrogen) atoms. The molecule has 0 aliphatic rings. The summed E-state index contributed by atoms with van der Waals surface area (Å²) in [4.78, 5) is 0. The van der Waals surface area contributed by atoms with Crippen LogP contribution in [0.15, 0.2) is 11.5 Å². The summed E-state index contributed by atoms with van der Waals surface area (Å²) < 4.78 is 0. The average Bonchev–Trinajstić information content (AvgIpc) is 1.61. The fraction of sp³-hybridized carbons (Fsp3) is 0.600. The Morgan fingerprint density at radius 2 is 2.43 bits per heavy atom. The van der Waals surface area contributed by atoms with Crippen molar-refractivity contribution in [2.24, 2.45) is 5.73 Å². The molecule has 0 aromatic heterocycles. The predicted molar refractivity (Wildman–Crippen MR) is 36.4 cm³/mol. The van der Waals surface area contributed by atoms with Crippen molar-refractivity contribution in [3.05, 3.63) is 11.5 Å². The number of rotatable bonds is 2. The Labute approximate surface area is 50.0 Å². The number of thiol groups is 1. The molecule has 0 fully saturated rings. The van der Waals surface area contributed by atoms with Gasteiger partial charge in [0.05, 0.1) is 0 Å². The van der Waals surface area contributed by atoms with Gasteiger partial charge in [0, 0.05) is 6.04 Å². The molecule has 0 rings (SSSR count). The Kier molecular flexibility index (Phi) is 4.25. The Morgan fingerprint density at radius 3 is 2.57 bits per heavy atom. The van der Waals surface area contributed by atoms with E-state index in [0.717, 1.165) is 6.42 Å². The van der Waals surface area contributed by atoms with Crippen molar-refractivity contribution >= 4 is 12.6 Å². The van der Waals surface area contributed by atoms with E-state index in [1.807, 2.05) is 13.0 Å². The summed E-state index contributed by atoms with van der Waals surface area (Å²) >= 11 is 3.86. The molecule has 0 aromatic carbocycles. The van der Waals surface area contributed by atoms with Crippen LogP contribution in [0.4, 0.5) is 0 Å². The molecular weight excluding hydrogens is 106 g/mol. The van der Waals surface area contributed by atoms with Gasteiger partial charge in [0.1, 0.15) is 0 Å². The maximum atomic E-state index is 5.39. The highest BCUT2D eigenvalue weighted by Crippen LogP contribution is 1.88. The van der Waals surface area contributed by atoms with Gasteiger partial charge < -0.3 is 5.73 Å². The maximum absolute atomic E-state index is 5.39. The molecule has 1 atom stereocenters. The van der Waals surface area contributed by atoms with Gasteiger partial charge in [0.15, 0.2) is 0 Å². The first-order valence-electron chi connectivity index (χ1n) is 2.32. The SMILES string of the molecule is CC(N)C/C=C\S. The van der Waals surface area contributed by atoms with Crippen LogP contribution < -0.4 is 5.73 Å². The molecule has 0 saturated carbocycles. The minimum absolute atomic E-state index is 0.267. The van der Waals surface area contributed by atoms with Crippen LogP contribution in [0, 0.1) is 0 Å². The molecule has 0 bridgehead atoms. The van der Waals surface area contributed by atoms with E-state index >= 15 is 0 Å². The number of nitrogens with two attached hydrogens (primary N) is 1. The minimum Gasteiger partial charge on any atom is -0.328 e. The van der Waals surface area contributed by atoms with E-state index in [9.17, 15) is 0 Å². The third-order valence-corrected chi connectivity index (χ3v) is 0.824. The van der Waals surface area contributed by atoms with Gasteiger partial charge in [-0.15, -0.1) is 0 Å². The Balaban J connectivity index is 2.97. The van der Waals surface area contributed by atoms with E-state index < -0.39 is 0 Å². The topological polar surface area (TPSA) is 26.0 Å². The standard InChI is InChI=1S/C5H11NS/c1-5(6)3-2-4-7/h2,4-5,7H,3,6H2,1H3/b4-2-. The summed E-state index contributed by atoms with van der Waals surface area (Å²) in [5.74, 6) is 0. The van der Waals surface area contributed by atoms with Crippen molar-refractivity contribution in [3.8, 4) is 0 Å². The van der Waals surface area contributed by atoms with Crippen LogP contribution >= 0.6 is 12.6 Å². The van der Waals surface area contributed by atoms with Gasteiger partial charge in [-0.2, -0.15) is 12.6 Å². The Hall–Kier alpha value is 0.0500. The zero-order valence-corrected chi connectivity index (χ0v) is 5.36. The third kappa shape index (κ3) is 6.05. The van der Waals surface area contributed by atoms with Crippen molar-refractivity contribution < 1.29 is 0 Å². The molecule has 0 spiro atoms. The van der Waals surface area contributed by atoms with E-state index in [2.05, 4.69) is 12.6 Å². The molecule has 1 unspecified atom stereocenters.